The van der Waals surface area contributed by atoms with Crippen LogP contribution in [0, 0.1) is 11.8 Å². The van der Waals surface area contributed by atoms with Gasteiger partial charge in [0.2, 0.25) is 0 Å². The molecule has 4 atom stereocenters. The van der Waals surface area contributed by atoms with Crippen LogP contribution in [-0.2, 0) is 19.1 Å². The molecule has 2 saturated carbocycles. The van der Waals surface area contributed by atoms with Gasteiger partial charge in [-0.2, -0.15) is 0 Å². The van der Waals surface area contributed by atoms with E-state index in [1.54, 1.807) is 12.1 Å². The minimum Gasteiger partial charge on any atom is -0.469 e. The van der Waals surface area contributed by atoms with E-state index in [-0.39, 0.29) is 47.1 Å². The molecule has 2 aromatic carbocycles. The second-order valence-electron chi connectivity index (χ2n) is 8.18. The number of esters is 2. The summed E-state index contributed by atoms with van der Waals surface area (Å²) in [4.78, 5) is 22.5. The molecule has 6 nitrogen and oxygen atoms in total. The Labute approximate surface area is 202 Å². The summed E-state index contributed by atoms with van der Waals surface area (Å²) in [6.45, 7) is 0. The number of carbonyl (C=O) groups excluding carboxylic acids is 2. The highest BCUT2D eigenvalue weighted by Gasteiger charge is 2.46. The van der Waals surface area contributed by atoms with Crippen LogP contribution in [0.2, 0.25) is 0 Å². The lowest BCUT2D eigenvalue weighted by atomic mass is 10.1. The van der Waals surface area contributed by atoms with E-state index < -0.39 is 12.7 Å². The molecule has 0 heterocycles. The predicted molar refractivity (Wildman–Crippen MR) is 112 cm³/mol. The summed E-state index contributed by atoms with van der Waals surface area (Å²) in [5, 5.41) is 0. The normalized spacial score (nSPS) is 22.4. The number of hydrogen-bond acceptors (Lipinski definition) is 6. The van der Waals surface area contributed by atoms with E-state index in [1.165, 1.54) is 50.6 Å². The smallest absolute Gasteiger partial charge is 0.469 e. The van der Waals surface area contributed by atoms with Gasteiger partial charge in [0.25, 0.3) is 0 Å². The maximum Gasteiger partial charge on any atom is 0.573 e. The van der Waals surface area contributed by atoms with Gasteiger partial charge >= 0.3 is 24.7 Å². The summed E-state index contributed by atoms with van der Waals surface area (Å²) in [6.07, 6.45) is -8.21. The quantitative estimate of drug-likeness (QED) is 0.358. The molecule has 196 valence electrons. The van der Waals surface area contributed by atoms with Gasteiger partial charge in [0.1, 0.15) is 11.5 Å². The lowest BCUT2D eigenvalue weighted by Crippen LogP contribution is -2.17. The van der Waals surface area contributed by atoms with Crippen molar-refractivity contribution in [2.24, 2.45) is 11.8 Å². The lowest BCUT2D eigenvalue weighted by molar-refractivity contribution is -0.275. The molecule has 0 aliphatic heterocycles. The molecule has 0 radical (unpaired) electrons. The third-order valence-corrected chi connectivity index (χ3v) is 5.63. The molecule has 12 heteroatoms. The predicted octanol–water partition coefficient (Wildman–Crippen LogP) is 5.72. The number of ether oxygens (including phenoxy) is 4. The first-order valence-corrected chi connectivity index (χ1v) is 10.7. The molecule has 0 aromatic heterocycles. The van der Waals surface area contributed by atoms with Crippen molar-refractivity contribution in [2.75, 3.05) is 14.2 Å². The molecule has 2 aromatic rings. The van der Waals surface area contributed by atoms with Crippen LogP contribution in [0.25, 0.3) is 0 Å². The number of methoxy groups -OCH3 is 2. The van der Waals surface area contributed by atoms with Gasteiger partial charge < -0.3 is 18.9 Å². The Morgan fingerprint density at radius 1 is 0.694 bits per heavy atom. The van der Waals surface area contributed by atoms with Crippen LogP contribution in [0.1, 0.15) is 35.8 Å². The molecule has 0 bridgehead atoms. The fourth-order valence-corrected chi connectivity index (χ4v) is 3.84. The topological polar surface area (TPSA) is 71.1 Å². The first-order chi connectivity index (χ1) is 16.8. The van der Waals surface area contributed by atoms with Crippen LogP contribution in [0.5, 0.6) is 11.5 Å². The van der Waals surface area contributed by atoms with Crippen molar-refractivity contribution in [3.63, 3.8) is 0 Å². The zero-order valence-electron chi connectivity index (χ0n) is 19.1. The summed E-state index contributed by atoms with van der Waals surface area (Å²) < 4.78 is 89.1. The molecule has 0 amide bonds. The van der Waals surface area contributed by atoms with E-state index in [9.17, 15) is 35.9 Å². The van der Waals surface area contributed by atoms with Crippen LogP contribution in [-0.4, -0.2) is 38.9 Å². The number of benzene rings is 2. The monoisotopic (exact) mass is 520 g/mol. The van der Waals surface area contributed by atoms with Crippen molar-refractivity contribution in [2.45, 2.75) is 37.4 Å². The van der Waals surface area contributed by atoms with Gasteiger partial charge in [-0.25, -0.2) is 0 Å². The van der Waals surface area contributed by atoms with Crippen molar-refractivity contribution in [1.82, 2.24) is 0 Å². The van der Waals surface area contributed by atoms with E-state index >= 15 is 0 Å². The number of carbonyl (C=O) groups is 2. The lowest BCUT2D eigenvalue weighted by Gasteiger charge is -2.09. The maximum atomic E-state index is 12.1. The molecular weight excluding hydrogens is 498 g/mol. The van der Waals surface area contributed by atoms with Gasteiger partial charge in [-0.1, -0.05) is 24.3 Å². The molecule has 4 unspecified atom stereocenters. The van der Waals surface area contributed by atoms with Crippen LogP contribution in [0.3, 0.4) is 0 Å². The first kappa shape index (κ1) is 27.2. The summed E-state index contributed by atoms with van der Waals surface area (Å²) >= 11 is 0. The van der Waals surface area contributed by atoms with Crippen LogP contribution in [0.15, 0.2) is 48.5 Å². The van der Waals surface area contributed by atoms with Gasteiger partial charge in [-0.05, 0) is 60.1 Å². The third-order valence-electron chi connectivity index (χ3n) is 5.63. The number of alkyl halides is 6. The molecular formula is C24H22F6O6. The Hall–Kier alpha value is -3.44. The van der Waals surface area contributed by atoms with Crippen molar-refractivity contribution in [3.8, 4) is 11.5 Å². The second kappa shape index (κ2) is 10.7. The molecule has 36 heavy (non-hydrogen) atoms. The Morgan fingerprint density at radius 2 is 1.06 bits per heavy atom. The Bertz CT molecular complexity index is 998. The fraction of sp³-hybridized carbons (Fsp3) is 0.417. The zero-order chi connectivity index (χ0) is 26.7. The van der Waals surface area contributed by atoms with E-state index in [1.807, 2.05) is 0 Å². The van der Waals surface area contributed by atoms with Gasteiger partial charge in [-0.3, -0.25) is 9.59 Å². The standard InChI is InChI=1S/2C12H11F3O3/c2*1-17-11(16)10-6-9(10)7-3-2-4-8(5-7)18-12(13,14)15/h2*2-5,9-10H,6H2,1H3. The van der Waals surface area contributed by atoms with E-state index in [0.29, 0.717) is 24.0 Å². The molecule has 4 rings (SSSR count). The number of rotatable bonds is 6. The maximum absolute atomic E-state index is 12.1. The van der Waals surface area contributed by atoms with Crippen LogP contribution >= 0.6 is 0 Å². The van der Waals surface area contributed by atoms with Crippen LogP contribution in [0.4, 0.5) is 26.3 Å². The highest BCUT2D eigenvalue weighted by molar-refractivity contribution is 5.77. The SMILES string of the molecule is COC(=O)C1CC1c1cccc(OC(F)(F)F)c1.COC(=O)C1CC1c1cccc(OC(F)(F)F)c1. The highest BCUT2D eigenvalue weighted by atomic mass is 19.4. The summed E-state index contributed by atoms with van der Waals surface area (Å²) in [5.41, 5.74) is 1.32. The van der Waals surface area contributed by atoms with Gasteiger partial charge in [-0.15, -0.1) is 26.3 Å². The zero-order valence-corrected chi connectivity index (χ0v) is 19.1. The summed E-state index contributed by atoms with van der Waals surface area (Å²) in [7, 11) is 2.59. The minimum atomic E-state index is -4.70. The summed E-state index contributed by atoms with van der Waals surface area (Å²) in [6, 6.07) is 11.4. The molecule has 2 aliphatic carbocycles. The van der Waals surface area contributed by atoms with Gasteiger partial charge in [0, 0.05) is 0 Å². The first-order valence-electron chi connectivity index (χ1n) is 10.7. The van der Waals surface area contributed by atoms with E-state index in [2.05, 4.69) is 18.9 Å². The molecule has 0 spiro atoms. The minimum absolute atomic E-state index is 0.0748. The van der Waals surface area contributed by atoms with Crippen LogP contribution < -0.4 is 9.47 Å². The van der Waals surface area contributed by atoms with Crippen molar-refractivity contribution >= 4 is 11.9 Å². The van der Waals surface area contributed by atoms with E-state index in [0.717, 1.165) is 0 Å². The van der Waals surface area contributed by atoms with Crippen molar-refractivity contribution in [3.05, 3.63) is 59.7 Å². The average molecular weight is 520 g/mol. The highest BCUT2D eigenvalue weighted by Crippen LogP contribution is 2.49. The third kappa shape index (κ3) is 7.79. The molecule has 0 saturated heterocycles. The number of halogens is 6. The average Bonchev–Trinajstić information content (AvgIpc) is 3.70. The fourth-order valence-electron chi connectivity index (χ4n) is 3.84. The second-order valence-corrected chi connectivity index (χ2v) is 8.18. The van der Waals surface area contributed by atoms with Gasteiger partial charge in [0.15, 0.2) is 0 Å². The molecule has 2 aliphatic rings. The summed E-state index contributed by atoms with van der Waals surface area (Å²) in [5.74, 6) is -1.86. The van der Waals surface area contributed by atoms with Crippen molar-refractivity contribution in [1.29, 1.82) is 0 Å². The Balaban J connectivity index is 0.000000201. The molecule has 0 N–H and O–H groups in total. The largest absolute Gasteiger partial charge is 0.573 e. The van der Waals surface area contributed by atoms with Crippen molar-refractivity contribution < 1.29 is 54.9 Å². The van der Waals surface area contributed by atoms with Gasteiger partial charge in [0.05, 0.1) is 26.1 Å². The molecule has 2 fully saturated rings. The van der Waals surface area contributed by atoms with E-state index in [4.69, 9.17) is 0 Å². The Morgan fingerprint density at radius 3 is 1.36 bits per heavy atom. The Kier molecular flexibility index (Phi) is 8.05. The number of hydrogen-bond donors (Lipinski definition) is 0.